The van der Waals surface area contributed by atoms with Crippen molar-refractivity contribution in [3.05, 3.63) is 35.9 Å². The van der Waals surface area contributed by atoms with Gasteiger partial charge in [0.05, 0.1) is 0 Å². The first-order chi connectivity index (χ1) is 9.76. The van der Waals surface area contributed by atoms with Crippen LogP contribution in [-0.4, -0.2) is 35.2 Å². The number of hydrogen-bond acceptors (Lipinski definition) is 2. The van der Waals surface area contributed by atoms with E-state index in [1.807, 2.05) is 7.05 Å². The Morgan fingerprint density at radius 3 is 2.45 bits per heavy atom. The zero-order chi connectivity index (χ0) is 13.9. The van der Waals surface area contributed by atoms with E-state index in [-0.39, 0.29) is 0 Å². The Kier molecular flexibility index (Phi) is 4.22. The zero-order valence-corrected chi connectivity index (χ0v) is 12.8. The lowest BCUT2D eigenvalue weighted by atomic mass is 9.96. The van der Waals surface area contributed by atoms with E-state index in [4.69, 9.17) is 12.2 Å². The summed E-state index contributed by atoms with van der Waals surface area (Å²) in [5, 5.41) is 7.25. The number of thiocarbonyl (C=S) groups is 1. The molecule has 2 heterocycles. The SMILES string of the molecule is CNC(=S)NC1C[C@H]2CC[C@H](C1)N2Cc1ccccc1. The van der Waals surface area contributed by atoms with Crippen LogP contribution in [0.5, 0.6) is 0 Å². The maximum atomic E-state index is 5.23. The van der Waals surface area contributed by atoms with Crippen LogP contribution in [0.3, 0.4) is 0 Å². The van der Waals surface area contributed by atoms with Gasteiger partial charge in [-0.1, -0.05) is 30.3 Å². The van der Waals surface area contributed by atoms with E-state index in [0.29, 0.717) is 18.1 Å². The summed E-state index contributed by atoms with van der Waals surface area (Å²) >= 11 is 5.23. The predicted octanol–water partition coefficient (Wildman–Crippen LogP) is 2.28. The standard InChI is InChI=1S/C16H23N3S/c1-17-16(20)18-13-9-14-7-8-15(10-13)19(14)11-12-5-3-2-4-6-12/h2-6,13-15H,7-11H2,1H3,(H2,17,18,20)/t14-,15-/m1/s1. The van der Waals surface area contributed by atoms with Crippen LogP contribution in [0.4, 0.5) is 0 Å². The molecule has 2 fully saturated rings. The molecule has 1 aromatic carbocycles. The van der Waals surface area contributed by atoms with E-state index in [1.165, 1.54) is 31.2 Å². The molecule has 0 aliphatic carbocycles. The van der Waals surface area contributed by atoms with Gasteiger partial charge in [-0.2, -0.15) is 0 Å². The van der Waals surface area contributed by atoms with Gasteiger partial charge in [-0.05, 0) is 43.5 Å². The topological polar surface area (TPSA) is 27.3 Å². The van der Waals surface area contributed by atoms with Crippen LogP contribution in [-0.2, 0) is 6.54 Å². The quantitative estimate of drug-likeness (QED) is 0.835. The Morgan fingerprint density at radius 2 is 1.85 bits per heavy atom. The van der Waals surface area contributed by atoms with E-state index < -0.39 is 0 Å². The molecule has 2 bridgehead atoms. The lowest BCUT2D eigenvalue weighted by Gasteiger charge is -2.39. The Morgan fingerprint density at radius 1 is 1.20 bits per heavy atom. The van der Waals surface area contributed by atoms with Crippen molar-refractivity contribution in [2.24, 2.45) is 0 Å². The van der Waals surface area contributed by atoms with Gasteiger partial charge in [0.25, 0.3) is 0 Å². The summed E-state index contributed by atoms with van der Waals surface area (Å²) in [4.78, 5) is 2.70. The van der Waals surface area contributed by atoms with E-state index in [0.717, 1.165) is 11.7 Å². The molecule has 0 radical (unpaired) electrons. The second-order valence-corrected chi connectivity index (χ2v) is 6.34. The van der Waals surface area contributed by atoms with Crippen LogP contribution < -0.4 is 10.6 Å². The molecular formula is C16H23N3S. The van der Waals surface area contributed by atoms with Crippen LogP contribution in [0.25, 0.3) is 0 Å². The van der Waals surface area contributed by atoms with Crippen LogP contribution in [0.15, 0.2) is 30.3 Å². The smallest absolute Gasteiger partial charge is 0.166 e. The first kappa shape index (κ1) is 13.8. The minimum Gasteiger partial charge on any atom is -0.366 e. The third-order valence-corrected chi connectivity index (χ3v) is 4.98. The summed E-state index contributed by atoms with van der Waals surface area (Å²) in [6.45, 7) is 1.10. The van der Waals surface area contributed by atoms with Crippen LogP contribution in [0.1, 0.15) is 31.2 Å². The number of hydrogen-bond donors (Lipinski definition) is 2. The number of nitrogens with zero attached hydrogens (tertiary/aromatic N) is 1. The van der Waals surface area contributed by atoms with E-state index in [9.17, 15) is 0 Å². The maximum absolute atomic E-state index is 5.23. The predicted molar refractivity (Wildman–Crippen MR) is 86.6 cm³/mol. The van der Waals surface area contributed by atoms with Crippen LogP contribution in [0, 0.1) is 0 Å². The molecule has 108 valence electrons. The minimum absolute atomic E-state index is 0.541. The Hall–Kier alpha value is -1.13. The van der Waals surface area contributed by atoms with Crippen molar-refractivity contribution < 1.29 is 0 Å². The van der Waals surface area contributed by atoms with Gasteiger partial charge in [-0.25, -0.2) is 0 Å². The molecule has 0 saturated carbocycles. The zero-order valence-electron chi connectivity index (χ0n) is 12.0. The highest BCUT2D eigenvalue weighted by molar-refractivity contribution is 7.80. The molecule has 4 heteroatoms. The summed E-state index contributed by atoms with van der Waals surface area (Å²) < 4.78 is 0. The fourth-order valence-corrected chi connectivity index (χ4v) is 3.87. The summed E-state index contributed by atoms with van der Waals surface area (Å²) in [6.07, 6.45) is 5.10. The fraction of sp³-hybridized carbons (Fsp3) is 0.562. The van der Waals surface area contributed by atoms with Gasteiger partial charge in [-0.3, -0.25) is 4.90 Å². The molecule has 2 N–H and O–H groups in total. The third-order valence-electron chi connectivity index (χ3n) is 4.65. The highest BCUT2D eigenvalue weighted by atomic mass is 32.1. The number of fused-ring (bicyclic) bond motifs is 2. The van der Waals surface area contributed by atoms with Gasteiger partial charge in [0.2, 0.25) is 0 Å². The number of nitrogens with one attached hydrogen (secondary N) is 2. The first-order valence-corrected chi connectivity index (χ1v) is 7.95. The maximum Gasteiger partial charge on any atom is 0.166 e. The molecule has 2 saturated heterocycles. The number of piperidine rings is 1. The van der Waals surface area contributed by atoms with E-state index >= 15 is 0 Å². The van der Waals surface area contributed by atoms with Crippen molar-refractivity contribution in [2.75, 3.05) is 7.05 Å². The largest absolute Gasteiger partial charge is 0.366 e. The van der Waals surface area contributed by atoms with Crippen molar-refractivity contribution in [1.29, 1.82) is 0 Å². The van der Waals surface area contributed by atoms with Crippen LogP contribution in [0.2, 0.25) is 0 Å². The molecular weight excluding hydrogens is 266 g/mol. The Labute approximate surface area is 126 Å². The molecule has 3 rings (SSSR count). The lowest BCUT2D eigenvalue weighted by Crippen LogP contribution is -2.51. The number of rotatable bonds is 3. The molecule has 3 nitrogen and oxygen atoms in total. The highest BCUT2D eigenvalue weighted by Gasteiger charge is 2.40. The molecule has 2 aliphatic rings. The van der Waals surface area contributed by atoms with Gasteiger partial charge in [0.15, 0.2) is 5.11 Å². The summed E-state index contributed by atoms with van der Waals surface area (Å²) in [5.74, 6) is 0. The molecule has 0 unspecified atom stereocenters. The monoisotopic (exact) mass is 289 g/mol. The summed E-state index contributed by atoms with van der Waals surface area (Å²) in [6, 6.07) is 12.8. The number of benzene rings is 1. The van der Waals surface area contributed by atoms with Gasteiger partial charge in [-0.15, -0.1) is 0 Å². The lowest BCUT2D eigenvalue weighted by molar-refractivity contribution is 0.115. The van der Waals surface area contributed by atoms with Crippen LogP contribution >= 0.6 is 12.2 Å². The van der Waals surface area contributed by atoms with E-state index in [1.54, 1.807) is 0 Å². The molecule has 0 amide bonds. The van der Waals surface area contributed by atoms with Crippen molar-refractivity contribution in [3.63, 3.8) is 0 Å². The van der Waals surface area contributed by atoms with Gasteiger partial charge >= 0.3 is 0 Å². The van der Waals surface area contributed by atoms with Crippen molar-refractivity contribution in [1.82, 2.24) is 15.5 Å². The van der Waals surface area contributed by atoms with Crippen molar-refractivity contribution in [3.8, 4) is 0 Å². The van der Waals surface area contributed by atoms with E-state index in [2.05, 4.69) is 45.9 Å². The second kappa shape index (κ2) is 6.10. The Bertz CT molecular complexity index is 448. The summed E-state index contributed by atoms with van der Waals surface area (Å²) in [7, 11) is 1.88. The summed E-state index contributed by atoms with van der Waals surface area (Å²) in [5.41, 5.74) is 1.43. The average Bonchev–Trinajstić information content (AvgIpc) is 2.71. The fourth-order valence-electron chi connectivity index (χ4n) is 3.70. The van der Waals surface area contributed by atoms with Gasteiger partial charge < -0.3 is 10.6 Å². The van der Waals surface area contributed by atoms with Crippen molar-refractivity contribution in [2.45, 2.75) is 50.4 Å². The van der Waals surface area contributed by atoms with Gasteiger partial charge in [0, 0.05) is 31.7 Å². The molecule has 2 atom stereocenters. The molecule has 0 aromatic heterocycles. The normalized spacial score (nSPS) is 29.1. The molecule has 1 aromatic rings. The minimum atomic E-state index is 0.541. The molecule has 20 heavy (non-hydrogen) atoms. The molecule has 2 aliphatic heterocycles. The Balaban J connectivity index is 1.62. The van der Waals surface area contributed by atoms with Crippen molar-refractivity contribution >= 4 is 17.3 Å². The van der Waals surface area contributed by atoms with Gasteiger partial charge in [0.1, 0.15) is 0 Å². The molecule has 0 spiro atoms. The second-order valence-electron chi connectivity index (χ2n) is 5.93. The first-order valence-electron chi connectivity index (χ1n) is 7.54. The highest BCUT2D eigenvalue weighted by Crippen LogP contribution is 2.36. The third kappa shape index (κ3) is 2.96. The average molecular weight is 289 g/mol.